The number of hydrogen-bond acceptors (Lipinski definition) is 6. The highest BCUT2D eigenvalue weighted by atomic mass is 31.0. The van der Waals surface area contributed by atoms with Crippen molar-refractivity contribution in [3.63, 3.8) is 0 Å². The maximum absolute atomic E-state index is 12.2. The number of carboxylic acids is 3. The molecule has 1 rings (SSSR count). The number of carbonyl (C=O) groups is 4. The van der Waals surface area contributed by atoms with Gasteiger partial charge < -0.3 is 25.3 Å². The van der Waals surface area contributed by atoms with Crippen LogP contribution in [0.25, 0.3) is 0 Å². The zero-order valence-electron chi connectivity index (χ0n) is 15.0. The van der Waals surface area contributed by atoms with Crippen LogP contribution in [0, 0.1) is 0 Å². The molecular formula is C16H22BN2O8P. The number of hydrogen-bond donors (Lipinski definition) is 5. The number of benzene rings is 1. The van der Waals surface area contributed by atoms with Crippen LogP contribution in [0.3, 0.4) is 0 Å². The first-order valence-corrected chi connectivity index (χ1v) is 8.86. The molecule has 12 heteroatoms. The molecule has 0 aliphatic rings. The molecule has 1 amide bonds. The van der Waals surface area contributed by atoms with Crippen LogP contribution in [0.2, 0.25) is 0 Å². The van der Waals surface area contributed by atoms with Crippen molar-refractivity contribution in [1.29, 1.82) is 0 Å². The molecule has 2 unspecified atom stereocenters. The van der Waals surface area contributed by atoms with E-state index in [0.29, 0.717) is 6.42 Å². The van der Waals surface area contributed by atoms with Crippen LogP contribution >= 0.6 is 9.39 Å². The fourth-order valence-electron chi connectivity index (χ4n) is 2.49. The predicted molar refractivity (Wildman–Crippen MR) is 103 cm³/mol. The number of carbonyl (C=O) groups excluding carboxylic acids is 1. The third-order valence-electron chi connectivity index (χ3n) is 3.84. The molecule has 0 aliphatic heterocycles. The van der Waals surface area contributed by atoms with E-state index in [1.165, 1.54) is 0 Å². The normalized spacial score (nSPS) is 12.0. The maximum Gasteiger partial charge on any atom is 0.335 e. The van der Waals surface area contributed by atoms with Crippen molar-refractivity contribution < 1.29 is 39.2 Å². The average molecular weight is 412 g/mol. The van der Waals surface area contributed by atoms with Crippen molar-refractivity contribution in [2.24, 2.45) is 0 Å². The highest BCUT2D eigenvalue weighted by Gasteiger charge is 2.44. The number of nitrogens with one attached hydrogen (secondary N) is 2. The van der Waals surface area contributed by atoms with E-state index in [4.69, 9.17) is 14.9 Å². The van der Waals surface area contributed by atoms with E-state index in [1.807, 2.05) is 30.3 Å². The number of amides is 1. The van der Waals surface area contributed by atoms with Crippen LogP contribution in [-0.4, -0.2) is 64.7 Å². The minimum Gasteiger partial charge on any atom is -0.481 e. The number of carboxylic acid groups (broad SMARTS) is 3. The molecule has 0 aromatic heterocycles. The maximum atomic E-state index is 12.2. The van der Waals surface area contributed by atoms with Crippen LogP contribution in [0.5, 0.6) is 0 Å². The predicted octanol–water partition coefficient (Wildman–Crippen LogP) is -0.808. The highest BCUT2D eigenvalue weighted by Crippen LogP contribution is 2.21. The smallest absolute Gasteiger partial charge is 0.335 e. The monoisotopic (exact) mass is 412 g/mol. The van der Waals surface area contributed by atoms with Gasteiger partial charge in [-0.1, -0.05) is 39.7 Å². The van der Waals surface area contributed by atoms with Gasteiger partial charge in [0.2, 0.25) is 5.91 Å². The second-order valence-electron chi connectivity index (χ2n) is 5.99. The lowest BCUT2D eigenvalue weighted by molar-refractivity contribution is -0.167. The summed E-state index contributed by atoms with van der Waals surface area (Å²) in [7, 11) is 1.88. The lowest BCUT2D eigenvalue weighted by Crippen LogP contribution is -2.49. The summed E-state index contributed by atoms with van der Waals surface area (Å²) in [6.45, 7) is 0. The molecule has 0 bridgehead atoms. The van der Waals surface area contributed by atoms with E-state index in [9.17, 15) is 24.3 Å². The summed E-state index contributed by atoms with van der Waals surface area (Å²) in [6.07, 6.45) is -1.75. The summed E-state index contributed by atoms with van der Waals surface area (Å²) in [4.78, 5) is 45.5. The Morgan fingerprint density at radius 2 is 1.64 bits per heavy atom. The highest BCUT2D eigenvalue weighted by molar-refractivity contribution is 7.13. The molecule has 10 nitrogen and oxygen atoms in total. The number of aliphatic carboxylic acids is 3. The Hall–Kier alpha value is -2.49. The van der Waals surface area contributed by atoms with Crippen molar-refractivity contribution >= 4 is 40.7 Å². The van der Waals surface area contributed by atoms with Gasteiger partial charge in [0, 0.05) is 6.44 Å². The van der Waals surface area contributed by atoms with Crippen molar-refractivity contribution in [3.05, 3.63) is 35.9 Å². The van der Waals surface area contributed by atoms with Gasteiger partial charge in [0.15, 0.2) is 5.60 Å². The molecule has 0 aliphatic carbocycles. The lowest BCUT2D eigenvalue weighted by atomic mass is 9.90. The van der Waals surface area contributed by atoms with E-state index in [0.717, 1.165) is 5.56 Å². The quantitative estimate of drug-likeness (QED) is 0.159. The zero-order valence-corrected chi connectivity index (χ0v) is 16.1. The van der Waals surface area contributed by atoms with Gasteiger partial charge in [-0.15, -0.1) is 0 Å². The fourth-order valence-corrected chi connectivity index (χ4v) is 2.76. The molecule has 28 heavy (non-hydrogen) atoms. The Labute approximate surface area is 164 Å². The third kappa shape index (κ3) is 7.63. The Bertz CT molecular complexity index is 687. The van der Waals surface area contributed by atoms with E-state index in [-0.39, 0.29) is 19.8 Å². The van der Waals surface area contributed by atoms with E-state index in [2.05, 4.69) is 19.8 Å². The third-order valence-corrected chi connectivity index (χ3v) is 4.25. The van der Waals surface area contributed by atoms with Crippen LogP contribution in [0.4, 0.5) is 0 Å². The SMILES string of the molecule is O=C(O)CC(CC(=O)O)(OBCNC(=O)C(Cc1ccccc1)NP)C(=O)O. The average Bonchev–Trinajstić information content (AvgIpc) is 2.62. The first-order chi connectivity index (χ1) is 13.2. The molecule has 1 aromatic rings. The fraction of sp³-hybridized carbons (Fsp3) is 0.375. The Morgan fingerprint density at radius 1 is 1.07 bits per heavy atom. The second-order valence-corrected chi connectivity index (χ2v) is 6.32. The minimum absolute atomic E-state index is 0.120. The molecule has 0 fully saturated rings. The summed E-state index contributed by atoms with van der Waals surface area (Å²) in [6, 6.07) is 8.70. The summed E-state index contributed by atoms with van der Waals surface area (Å²) < 4.78 is 5.09. The van der Waals surface area contributed by atoms with Gasteiger partial charge in [-0.3, -0.25) is 19.5 Å². The van der Waals surface area contributed by atoms with Crippen LogP contribution in [-0.2, 0) is 30.3 Å². The van der Waals surface area contributed by atoms with Gasteiger partial charge in [0.05, 0.1) is 18.9 Å². The van der Waals surface area contributed by atoms with Gasteiger partial charge >= 0.3 is 17.9 Å². The topological polar surface area (TPSA) is 162 Å². The van der Waals surface area contributed by atoms with Gasteiger partial charge in [0.25, 0.3) is 7.48 Å². The summed E-state index contributed by atoms with van der Waals surface area (Å²) in [5.74, 6) is -5.09. The van der Waals surface area contributed by atoms with Gasteiger partial charge in [-0.25, -0.2) is 4.79 Å². The van der Waals surface area contributed by atoms with E-state index >= 15 is 0 Å². The van der Waals surface area contributed by atoms with Crippen molar-refractivity contribution in [1.82, 2.24) is 10.4 Å². The van der Waals surface area contributed by atoms with E-state index < -0.39 is 42.4 Å². The zero-order chi connectivity index (χ0) is 21.2. The van der Waals surface area contributed by atoms with Crippen molar-refractivity contribution in [3.8, 4) is 0 Å². The first kappa shape index (κ1) is 23.6. The van der Waals surface area contributed by atoms with Crippen LogP contribution in [0.1, 0.15) is 18.4 Å². The molecule has 0 radical (unpaired) electrons. The van der Waals surface area contributed by atoms with Gasteiger partial charge in [-0.2, -0.15) is 0 Å². The van der Waals surface area contributed by atoms with Gasteiger partial charge in [0.1, 0.15) is 0 Å². The lowest BCUT2D eigenvalue weighted by Gasteiger charge is -2.27. The molecule has 0 saturated carbocycles. The molecule has 5 N–H and O–H groups in total. The molecular weight excluding hydrogens is 390 g/mol. The van der Waals surface area contributed by atoms with Crippen molar-refractivity contribution in [2.45, 2.75) is 30.9 Å². The summed E-state index contributed by atoms with van der Waals surface area (Å²) in [5.41, 5.74) is -1.48. The Balaban J connectivity index is 2.63. The van der Waals surface area contributed by atoms with Crippen molar-refractivity contribution in [2.75, 3.05) is 6.44 Å². The van der Waals surface area contributed by atoms with Crippen LogP contribution in [0.15, 0.2) is 30.3 Å². The standard InChI is InChI=1S/C16H22BN2O8P/c20-12(21)7-16(15(25)26,8-13(22)23)27-17-9-18-14(24)11(19-28)6-10-4-2-1-3-5-10/h1-5,11,17,19H,6-9,28H2,(H,18,24)(H,20,21)(H,22,23)(H,25,26). The molecule has 0 saturated heterocycles. The summed E-state index contributed by atoms with van der Waals surface area (Å²) >= 11 is 0. The number of rotatable bonds is 13. The second kappa shape index (κ2) is 11.4. The van der Waals surface area contributed by atoms with Crippen LogP contribution < -0.4 is 10.4 Å². The molecule has 0 heterocycles. The molecule has 1 aromatic carbocycles. The van der Waals surface area contributed by atoms with E-state index in [1.54, 1.807) is 0 Å². The first-order valence-electron chi connectivity index (χ1n) is 8.29. The Kier molecular flexibility index (Phi) is 9.57. The largest absolute Gasteiger partial charge is 0.481 e. The minimum atomic E-state index is -2.41. The Morgan fingerprint density at radius 3 is 2.11 bits per heavy atom. The van der Waals surface area contributed by atoms with Gasteiger partial charge in [-0.05, 0) is 12.0 Å². The summed E-state index contributed by atoms with van der Waals surface area (Å²) in [5, 5.41) is 32.4. The molecule has 2 atom stereocenters. The molecule has 152 valence electrons. The molecule has 0 spiro atoms.